The van der Waals surface area contributed by atoms with Crippen molar-refractivity contribution in [2.75, 3.05) is 20.9 Å². The first-order valence-electron chi connectivity index (χ1n) is 3.26. The van der Waals surface area contributed by atoms with Crippen LogP contribution < -0.4 is 10.6 Å². The molecular weight excluding hydrogens is 116 g/mol. The van der Waals surface area contributed by atoms with Crippen LogP contribution >= 0.6 is 0 Å². The van der Waals surface area contributed by atoms with Gasteiger partial charge < -0.3 is 10.1 Å². The molecule has 0 unspecified atom stereocenters. The Morgan fingerprint density at radius 1 is 1.56 bits per heavy atom. The first-order chi connectivity index (χ1) is 4.33. The Morgan fingerprint density at radius 2 is 2.22 bits per heavy atom. The smallest absolute Gasteiger partial charge is 0.0975 e. The Kier molecular flexibility index (Phi) is 2.05. The second-order valence-electron chi connectivity index (χ2n) is 2.44. The summed E-state index contributed by atoms with van der Waals surface area (Å²) in [6, 6.07) is 0. The third-order valence-corrected chi connectivity index (χ3v) is 1.78. The molecule has 0 aliphatic heterocycles. The monoisotopic (exact) mass is 130 g/mol. The summed E-state index contributed by atoms with van der Waals surface area (Å²) in [5.41, 5.74) is 0.218. The van der Waals surface area contributed by atoms with Crippen LogP contribution in [0.3, 0.4) is 0 Å². The van der Waals surface area contributed by atoms with Crippen molar-refractivity contribution in [3.05, 3.63) is 0 Å². The second-order valence-corrected chi connectivity index (χ2v) is 2.44. The number of ether oxygens (including phenoxy) is 1. The van der Waals surface area contributed by atoms with Gasteiger partial charge in [0.2, 0.25) is 0 Å². The molecule has 54 valence electrons. The van der Waals surface area contributed by atoms with E-state index < -0.39 is 0 Å². The summed E-state index contributed by atoms with van der Waals surface area (Å²) < 4.78 is 4.87. The van der Waals surface area contributed by atoms with E-state index in [-0.39, 0.29) is 5.66 Å². The van der Waals surface area contributed by atoms with Crippen molar-refractivity contribution in [1.82, 2.24) is 10.6 Å². The van der Waals surface area contributed by atoms with Gasteiger partial charge in [-0.2, -0.15) is 0 Å². The zero-order chi connectivity index (χ0) is 6.74. The SMILES string of the molecule is CNC1(NCOC)CC1. The van der Waals surface area contributed by atoms with Crippen molar-refractivity contribution in [2.45, 2.75) is 18.5 Å². The Labute approximate surface area is 55.8 Å². The fourth-order valence-corrected chi connectivity index (χ4v) is 0.850. The number of hydrogen-bond donors (Lipinski definition) is 2. The highest BCUT2D eigenvalue weighted by atomic mass is 16.5. The molecule has 1 aliphatic rings. The fraction of sp³-hybridized carbons (Fsp3) is 1.00. The topological polar surface area (TPSA) is 33.3 Å². The second kappa shape index (κ2) is 2.64. The molecule has 1 rings (SSSR count). The molecule has 3 heteroatoms. The molecular formula is C6H14N2O. The van der Waals surface area contributed by atoms with Crippen molar-refractivity contribution in [3.63, 3.8) is 0 Å². The first-order valence-corrected chi connectivity index (χ1v) is 3.26. The lowest BCUT2D eigenvalue weighted by molar-refractivity contribution is 0.153. The molecule has 0 heterocycles. The van der Waals surface area contributed by atoms with Crippen LogP contribution in [0, 0.1) is 0 Å². The summed E-state index contributed by atoms with van der Waals surface area (Å²) in [6.07, 6.45) is 2.43. The van der Waals surface area contributed by atoms with E-state index in [4.69, 9.17) is 4.74 Å². The van der Waals surface area contributed by atoms with Crippen molar-refractivity contribution in [2.24, 2.45) is 0 Å². The van der Waals surface area contributed by atoms with Crippen molar-refractivity contribution in [1.29, 1.82) is 0 Å². The third kappa shape index (κ3) is 1.64. The molecule has 1 fully saturated rings. The molecule has 9 heavy (non-hydrogen) atoms. The van der Waals surface area contributed by atoms with E-state index >= 15 is 0 Å². The molecule has 0 radical (unpaired) electrons. The number of methoxy groups -OCH3 is 1. The van der Waals surface area contributed by atoms with Gasteiger partial charge in [-0.15, -0.1) is 0 Å². The van der Waals surface area contributed by atoms with Gasteiger partial charge in [0, 0.05) is 7.11 Å². The zero-order valence-electron chi connectivity index (χ0n) is 6.03. The molecule has 0 bridgehead atoms. The van der Waals surface area contributed by atoms with E-state index in [2.05, 4.69) is 10.6 Å². The van der Waals surface area contributed by atoms with Crippen LogP contribution in [0.5, 0.6) is 0 Å². The highest BCUT2D eigenvalue weighted by Gasteiger charge is 2.40. The van der Waals surface area contributed by atoms with E-state index in [1.165, 1.54) is 12.8 Å². The minimum atomic E-state index is 0.218. The van der Waals surface area contributed by atoms with Crippen LogP contribution in [-0.4, -0.2) is 26.6 Å². The van der Waals surface area contributed by atoms with Crippen molar-refractivity contribution < 1.29 is 4.74 Å². The molecule has 1 aliphatic carbocycles. The molecule has 0 spiro atoms. The van der Waals surface area contributed by atoms with Gasteiger partial charge in [0.15, 0.2) is 0 Å². The van der Waals surface area contributed by atoms with Crippen LogP contribution in [0.4, 0.5) is 0 Å². The summed E-state index contributed by atoms with van der Waals surface area (Å²) in [7, 11) is 3.66. The van der Waals surface area contributed by atoms with E-state index in [0.29, 0.717) is 6.73 Å². The summed E-state index contributed by atoms with van der Waals surface area (Å²) in [6.45, 7) is 0.640. The maximum absolute atomic E-state index is 4.87. The maximum Gasteiger partial charge on any atom is 0.0975 e. The number of hydrogen-bond acceptors (Lipinski definition) is 3. The lowest BCUT2D eigenvalue weighted by Gasteiger charge is -2.14. The summed E-state index contributed by atoms with van der Waals surface area (Å²) in [5, 5.41) is 6.43. The van der Waals surface area contributed by atoms with Crippen molar-refractivity contribution in [3.8, 4) is 0 Å². The highest BCUT2D eigenvalue weighted by molar-refractivity contribution is 4.97. The Balaban J connectivity index is 2.10. The number of rotatable bonds is 4. The molecule has 0 atom stereocenters. The first kappa shape index (κ1) is 6.99. The minimum absolute atomic E-state index is 0.218. The minimum Gasteiger partial charge on any atom is -0.369 e. The van der Waals surface area contributed by atoms with E-state index in [1.807, 2.05) is 7.05 Å². The Hall–Kier alpha value is -0.120. The third-order valence-electron chi connectivity index (χ3n) is 1.78. The largest absolute Gasteiger partial charge is 0.369 e. The molecule has 3 nitrogen and oxygen atoms in total. The number of nitrogens with one attached hydrogen (secondary N) is 2. The highest BCUT2D eigenvalue weighted by Crippen LogP contribution is 2.30. The predicted octanol–water partition coefficient (Wildman–Crippen LogP) is -0.111. The average molecular weight is 130 g/mol. The van der Waals surface area contributed by atoms with Gasteiger partial charge in [0.1, 0.15) is 0 Å². The summed E-state index contributed by atoms with van der Waals surface area (Å²) in [5.74, 6) is 0. The normalized spacial score (nSPS) is 22.0. The van der Waals surface area contributed by atoms with E-state index in [0.717, 1.165) is 0 Å². The van der Waals surface area contributed by atoms with Gasteiger partial charge in [-0.3, -0.25) is 5.32 Å². The average Bonchev–Trinajstić information content (AvgIpc) is 2.65. The summed E-state index contributed by atoms with van der Waals surface area (Å²) >= 11 is 0. The van der Waals surface area contributed by atoms with Gasteiger partial charge in [0.05, 0.1) is 12.4 Å². The molecule has 0 aromatic heterocycles. The van der Waals surface area contributed by atoms with Crippen LogP contribution in [-0.2, 0) is 4.74 Å². The Bertz CT molecular complexity index is 91.1. The fourth-order valence-electron chi connectivity index (χ4n) is 0.850. The molecule has 2 N–H and O–H groups in total. The lowest BCUT2D eigenvalue weighted by atomic mass is 10.5. The van der Waals surface area contributed by atoms with Gasteiger partial charge in [-0.25, -0.2) is 0 Å². The summed E-state index contributed by atoms with van der Waals surface area (Å²) in [4.78, 5) is 0. The van der Waals surface area contributed by atoms with Crippen molar-refractivity contribution >= 4 is 0 Å². The molecule has 0 saturated heterocycles. The van der Waals surface area contributed by atoms with E-state index in [9.17, 15) is 0 Å². The molecule has 0 aromatic carbocycles. The van der Waals surface area contributed by atoms with Crippen LogP contribution in [0.25, 0.3) is 0 Å². The van der Waals surface area contributed by atoms with Gasteiger partial charge in [-0.1, -0.05) is 0 Å². The Morgan fingerprint density at radius 3 is 2.56 bits per heavy atom. The predicted molar refractivity (Wildman–Crippen MR) is 36.0 cm³/mol. The lowest BCUT2D eigenvalue weighted by Crippen LogP contribution is -2.43. The van der Waals surface area contributed by atoms with Gasteiger partial charge in [0.25, 0.3) is 0 Å². The standard InChI is InChI=1S/C6H14N2O/c1-7-6(3-4-6)8-5-9-2/h7-8H,3-5H2,1-2H3. The van der Waals surface area contributed by atoms with Gasteiger partial charge >= 0.3 is 0 Å². The quantitative estimate of drug-likeness (QED) is 0.521. The zero-order valence-corrected chi connectivity index (χ0v) is 6.03. The molecule has 0 aromatic rings. The van der Waals surface area contributed by atoms with Crippen LogP contribution in [0.15, 0.2) is 0 Å². The van der Waals surface area contributed by atoms with Gasteiger partial charge in [-0.05, 0) is 19.9 Å². The van der Waals surface area contributed by atoms with Crippen LogP contribution in [0.1, 0.15) is 12.8 Å². The van der Waals surface area contributed by atoms with E-state index in [1.54, 1.807) is 7.11 Å². The van der Waals surface area contributed by atoms with Crippen LogP contribution in [0.2, 0.25) is 0 Å². The maximum atomic E-state index is 4.87. The molecule has 0 amide bonds. The molecule has 1 saturated carbocycles.